The maximum absolute atomic E-state index is 13.0. The molecule has 0 aliphatic carbocycles. The SMILES string of the molecule is COc1ccc2c(c1)C(=O)N(CC1(C#Cc3ccc(N4C=NCC4=O)cc3)NC(=O)NC1=O)C2. The van der Waals surface area contributed by atoms with E-state index in [0.29, 0.717) is 22.6 Å². The predicted molar refractivity (Wildman–Crippen MR) is 121 cm³/mol. The number of carbonyl (C=O) groups is 4. The van der Waals surface area contributed by atoms with E-state index < -0.39 is 17.5 Å². The first-order valence-corrected chi connectivity index (χ1v) is 10.4. The zero-order valence-electron chi connectivity index (χ0n) is 18.1. The molecule has 1 unspecified atom stereocenters. The Kier molecular flexibility index (Phi) is 5.02. The number of hydrogen-bond acceptors (Lipinski definition) is 6. The number of fused-ring (bicyclic) bond motifs is 1. The number of urea groups is 1. The van der Waals surface area contributed by atoms with Gasteiger partial charge in [-0.25, -0.2) is 4.79 Å². The van der Waals surface area contributed by atoms with Crippen LogP contribution in [0.15, 0.2) is 47.5 Å². The molecule has 2 aromatic rings. The normalized spacial score (nSPS) is 20.7. The van der Waals surface area contributed by atoms with Crippen molar-refractivity contribution in [3.8, 4) is 17.6 Å². The van der Waals surface area contributed by atoms with E-state index in [1.165, 1.54) is 23.2 Å². The summed E-state index contributed by atoms with van der Waals surface area (Å²) in [5.74, 6) is 5.31. The monoisotopic (exact) mass is 457 g/mol. The van der Waals surface area contributed by atoms with Gasteiger partial charge < -0.3 is 15.0 Å². The number of anilines is 1. The minimum atomic E-state index is -1.60. The van der Waals surface area contributed by atoms with Crippen LogP contribution in [0.5, 0.6) is 5.75 Å². The van der Waals surface area contributed by atoms with Gasteiger partial charge in [-0.05, 0) is 42.0 Å². The topological polar surface area (TPSA) is 120 Å². The molecule has 0 aromatic heterocycles. The molecule has 0 saturated carbocycles. The van der Waals surface area contributed by atoms with Gasteiger partial charge in [0.25, 0.3) is 17.7 Å². The molecule has 10 nitrogen and oxygen atoms in total. The first-order valence-electron chi connectivity index (χ1n) is 10.4. The molecule has 2 aromatic carbocycles. The molecule has 170 valence electrons. The number of rotatable bonds is 4. The lowest BCUT2D eigenvalue weighted by Crippen LogP contribution is -2.54. The predicted octanol–water partition coefficient (Wildman–Crippen LogP) is 0.656. The molecule has 10 heteroatoms. The summed E-state index contributed by atoms with van der Waals surface area (Å²) in [5, 5.41) is 4.80. The highest BCUT2D eigenvalue weighted by atomic mass is 16.5. The van der Waals surface area contributed by atoms with Crippen LogP contribution in [0.25, 0.3) is 0 Å². The standard InChI is InChI=1S/C24H19N5O5/c1-34-18-7-4-16-12-28(21(31)19(16)10-18)13-24(22(32)26-23(33)27-24)9-8-15-2-5-17(6-3-15)29-14-25-11-20(29)30/h2-7,10,14H,11-13H2,1H3,(H2,26,27,32,33). The van der Waals surface area contributed by atoms with E-state index in [-0.39, 0.29) is 31.4 Å². The quantitative estimate of drug-likeness (QED) is 0.516. The van der Waals surface area contributed by atoms with E-state index in [4.69, 9.17) is 4.74 Å². The van der Waals surface area contributed by atoms with E-state index in [0.717, 1.165) is 5.56 Å². The Bertz CT molecular complexity index is 1320. The maximum Gasteiger partial charge on any atom is 0.323 e. The number of aliphatic imine (C=N–C) groups is 1. The van der Waals surface area contributed by atoms with E-state index in [9.17, 15) is 19.2 Å². The molecule has 3 aliphatic rings. The Balaban J connectivity index is 1.40. The van der Waals surface area contributed by atoms with Crippen LogP contribution in [0, 0.1) is 11.8 Å². The molecule has 34 heavy (non-hydrogen) atoms. The number of nitrogens with one attached hydrogen (secondary N) is 2. The molecule has 3 heterocycles. The first-order chi connectivity index (χ1) is 16.4. The van der Waals surface area contributed by atoms with Gasteiger partial charge in [0, 0.05) is 23.4 Å². The fraction of sp³-hybridized carbons (Fsp3) is 0.208. The van der Waals surface area contributed by atoms with Crippen LogP contribution in [0.3, 0.4) is 0 Å². The number of hydrogen-bond donors (Lipinski definition) is 2. The fourth-order valence-corrected chi connectivity index (χ4v) is 4.05. The van der Waals surface area contributed by atoms with Crippen molar-refractivity contribution in [3.63, 3.8) is 0 Å². The Hall–Kier alpha value is -4.65. The number of ether oxygens (including phenoxy) is 1. The van der Waals surface area contributed by atoms with Crippen LogP contribution in [-0.2, 0) is 16.1 Å². The molecule has 3 aliphatic heterocycles. The van der Waals surface area contributed by atoms with E-state index in [1.807, 2.05) is 0 Å². The van der Waals surface area contributed by atoms with Crippen molar-refractivity contribution in [2.24, 2.45) is 4.99 Å². The summed E-state index contributed by atoms with van der Waals surface area (Å²) < 4.78 is 5.20. The lowest BCUT2D eigenvalue weighted by Gasteiger charge is -2.26. The van der Waals surface area contributed by atoms with Gasteiger partial charge in [0.1, 0.15) is 12.3 Å². The fourth-order valence-electron chi connectivity index (χ4n) is 4.05. The van der Waals surface area contributed by atoms with Crippen LogP contribution in [0.2, 0.25) is 0 Å². The van der Waals surface area contributed by atoms with Crippen molar-refractivity contribution >= 4 is 35.8 Å². The van der Waals surface area contributed by atoms with Gasteiger partial charge >= 0.3 is 6.03 Å². The molecule has 5 rings (SSSR count). The van der Waals surface area contributed by atoms with E-state index >= 15 is 0 Å². The Morgan fingerprint density at radius 2 is 1.91 bits per heavy atom. The van der Waals surface area contributed by atoms with Crippen LogP contribution in [0.4, 0.5) is 10.5 Å². The van der Waals surface area contributed by atoms with Gasteiger partial charge in [0.15, 0.2) is 0 Å². The van der Waals surface area contributed by atoms with Gasteiger partial charge in [0.05, 0.1) is 20.0 Å². The van der Waals surface area contributed by atoms with Gasteiger partial charge in [-0.3, -0.25) is 29.6 Å². The average molecular weight is 457 g/mol. The summed E-state index contributed by atoms with van der Waals surface area (Å²) >= 11 is 0. The highest BCUT2D eigenvalue weighted by Crippen LogP contribution is 2.28. The largest absolute Gasteiger partial charge is 0.497 e. The molecule has 1 fully saturated rings. The second-order valence-corrected chi connectivity index (χ2v) is 8.01. The van der Waals surface area contributed by atoms with E-state index in [1.54, 1.807) is 42.5 Å². The molecule has 5 amide bonds. The van der Waals surface area contributed by atoms with Gasteiger partial charge in [-0.2, -0.15) is 0 Å². The lowest BCUT2D eigenvalue weighted by molar-refractivity contribution is -0.122. The third-order valence-electron chi connectivity index (χ3n) is 5.82. The second kappa shape index (κ2) is 8.04. The Morgan fingerprint density at radius 1 is 1.12 bits per heavy atom. The molecular weight excluding hydrogens is 438 g/mol. The van der Waals surface area contributed by atoms with Gasteiger partial charge in [-0.1, -0.05) is 17.9 Å². The smallest absolute Gasteiger partial charge is 0.323 e. The summed E-state index contributed by atoms with van der Waals surface area (Å²) in [6.45, 7) is 0.278. The van der Waals surface area contributed by atoms with Crippen molar-refractivity contribution in [3.05, 3.63) is 59.2 Å². The summed E-state index contributed by atoms with van der Waals surface area (Å²) in [4.78, 5) is 56.4. The maximum atomic E-state index is 13.0. The van der Waals surface area contributed by atoms with Crippen LogP contribution in [-0.4, -0.2) is 60.7 Å². The van der Waals surface area contributed by atoms with Gasteiger partial charge in [0.2, 0.25) is 5.54 Å². The van der Waals surface area contributed by atoms with Crippen molar-refractivity contribution in [1.82, 2.24) is 15.5 Å². The number of amides is 5. The van der Waals surface area contributed by atoms with Crippen LogP contribution < -0.4 is 20.3 Å². The minimum Gasteiger partial charge on any atom is -0.497 e. The highest BCUT2D eigenvalue weighted by molar-refractivity contribution is 6.13. The number of carbonyl (C=O) groups excluding carboxylic acids is 4. The zero-order chi connectivity index (χ0) is 23.9. The Morgan fingerprint density at radius 3 is 2.56 bits per heavy atom. The third-order valence-corrected chi connectivity index (χ3v) is 5.82. The van der Waals surface area contributed by atoms with Crippen molar-refractivity contribution < 1.29 is 23.9 Å². The second-order valence-electron chi connectivity index (χ2n) is 8.01. The number of imide groups is 1. The number of methoxy groups -OCH3 is 1. The first kappa shape index (κ1) is 21.2. The molecule has 0 bridgehead atoms. The van der Waals surface area contributed by atoms with Crippen LogP contribution in [0.1, 0.15) is 21.5 Å². The number of benzene rings is 2. The minimum absolute atomic E-state index is 0.116. The third kappa shape index (κ3) is 3.63. The Labute approximate surface area is 194 Å². The average Bonchev–Trinajstić information content (AvgIpc) is 3.48. The molecule has 2 N–H and O–H groups in total. The highest BCUT2D eigenvalue weighted by Gasteiger charge is 2.48. The lowest BCUT2D eigenvalue weighted by atomic mass is 9.99. The summed E-state index contributed by atoms with van der Waals surface area (Å²) in [7, 11) is 1.52. The molecule has 0 spiro atoms. The van der Waals surface area contributed by atoms with Crippen molar-refractivity contribution in [2.45, 2.75) is 12.1 Å². The summed E-state index contributed by atoms with van der Waals surface area (Å²) in [6.07, 6.45) is 1.47. The zero-order valence-corrected chi connectivity index (χ0v) is 18.1. The molecular formula is C24H19N5O5. The summed E-state index contributed by atoms with van der Waals surface area (Å²) in [6, 6.07) is 11.4. The van der Waals surface area contributed by atoms with E-state index in [2.05, 4.69) is 27.5 Å². The molecule has 1 saturated heterocycles. The molecule has 0 radical (unpaired) electrons. The van der Waals surface area contributed by atoms with Crippen molar-refractivity contribution in [2.75, 3.05) is 25.1 Å². The number of nitrogens with zero attached hydrogens (tertiary/aromatic N) is 3. The van der Waals surface area contributed by atoms with Crippen molar-refractivity contribution in [1.29, 1.82) is 0 Å². The van der Waals surface area contributed by atoms with Gasteiger partial charge in [-0.15, -0.1) is 0 Å². The summed E-state index contributed by atoms with van der Waals surface area (Å²) in [5.41, 5.74) is 0.905. The van der Waals surface area contributed by atoms with Crippen LogP contribution >= 0.6 is 0 Å². The molecule has 1 atom stereocenters.